The van der Waals surface area contributed by atoms with Crippen LogP contribution < -0.4 is 10.0 Å². The van der Waals surface area contributed by atoms with E-state index >= 15 is 0 Å². The third-order valence-electron chi connectivity index (χ3n) is 8.11. The molecule has 0 fully saturated rings. The molecule has 0 aliphatic carbocycles. The summed E-state index contributed by atoms with van der Waals surface area (Å²) in [6, 6.07) is 22.6. The Labute approximate surface area is 255 Å². The summed E-state index contributed by atoms with van der Waals surface area (Å²) in [5, 5.41) is 1.56. The Bertz CT molecular complexity index is 1260. The van der Waals surface area contributed by atoms with Crippen molar-refractivity contribution in [2.24, 2.45) is 0 Å². The van der Waals surface area contributed by atoms with Crippen LogP contribution in [0.2, 0.25) is 0 Å². The summed E-state index contributed by atoms with van der Waals surface area (Å²) < 4.78 is 6.97. The molecule has 3 heteroatoms. The summed E-state index contributed by atoms with van der Waals surface area (Å²) in [6.07, 6.45) is 6.09. The van der Waals surface area contributed by atoms with Crippen molar-refractivity contribution in [1.82, 2.24) is 0 Å². The van der Waals surface area contributed by atoms with Gasteiger partial charge < -0.3 is 4.74 Å². The van der Waals surface area contributed by atoms with Crippen molar-refractivity contribution < 1.29 is 4.74 Å². The molecule has 0 saturated heterocycles. The number of aryl methyl sites for hydroxylation is 1. The number of hydrogen-bond acceptors (Lipinski definition) is 1. The summed E-state index contributed by atoms with van der Waals surface area (Å²) in [7, 11) is 0.678. The highest BCUT2D eigenvalue weighted by Gasteiger charge is 2.36. The first-order valence-electron chi connectivity index (χ1n) is 15.5. The van der Waals surface area contributed by atoms with Gasteiger partial charge in [-0.25, -0.2) is 0 Å². The molecule has 41 heavy (non-hydrogen) atoms. The Kier molecular flexibility index (Phi) is 11.7. The molecule has 0 aliphatic rings. The molecule has 0 spiro atoms. The van der Waals surface area contributed by atoms with Crippen LogP contribution in [0.15, 0.2) is 60.7 Å². The lowest BCUT2D eigenvalue weighted by Gasteiger charge is -2.38. The van der Waals surface area contributed by atoms with Crippen LogP contribution in [0.3, 0.4) is 0 Å². The van der Waals surface area contributed by atoms with Crippen molar-refractivity contribution in [2.45, 2.75) is 117 Å². The number of benzene rings is 3. The van der Waals surface area contributed by atoms with Gasteiger partial charge in [-0.1, -0.05) is 144 Å². The number of ether oxygens (including phenoxy) is 1. The quantitative estimate of drug-likeness (QED) is 0.151. The van der Waals surface area contributed by atoms with Crippen LogP contribution in [-0.2, 0) is 28.8 Å². The molecule has 224 valence electrons. The Balaban J connectivity index is 2.30. The van der Waals surface area contributed by atoms with Crippen LogP contribution in [0.5, 0.6) is 5.75 Å². The summed E-state index contributed by atoms with van der Waals surface area (Å²) in [5.41, 5.74) is 8.37. The van der Waals surface area contributed by atoms with E-state index in [9.17, 15) is 0 Å². The van der Waals surface area contributed by atoms with Crippen molar-refractivity contribution in [3.63, 3.8) is 0 Å². The lowest BCUT2D eigenvalue weighted by molar-refractivity contribution is 0.290. The summed E-state index contributed by atoms with van der Waals surface area (Å²) >= 11 is 0. The third kappa shape index (κ3) is 9.15. The lowest BCUT2D eigenvalue weighted by Crippen LogP contribution is -2.27. The second kappa shape index (κ2) is 14.2. The number of hydrogen-bond donors (Lipinski definition) is 0. The maximum Gasteiger partial charge on any atom is 0.127 e. The smallest absolute Gasteiger partial charge is 0.127 e. The van der Waals surface area contributed by atoms with Crippen LogP contribution in [0.4, 0.5) is 0 Å². The summed E-state index contributed by atoms with van der Waals surface area (Å²) in [4.78, 5) is 0. The molecule has 3 aromatic carbocycles. The molecule has 2 atom stereocenters. The van der Waals surface area contributed by atoms with Crippen LogP contribution in [0.1, 0.15) is 114 Å². The minimum absolute atomic E-state index is 0.0140. The fraction of sp³-hybridized carbons (Fsp3) is 0.526. The summed E-state index contributed by atoms with van der Waals surface area (Å²) in [5.74, 6) is 1.12. The average molecular weight is 591 g/mol. The Morgan fingerprint density at radius 1 is 0.780 bits per heavy atom. The van der Waals surface area contributed by atoms with E-state index in [1.165, 1.54) is 59.7 Å². The molecule has 0 radical (unpaired) electrons. The highest BCUT2D eigenvalue weighted by atomic mass is 31.1. The van der Waals surface area contributed by atoms with Gasteiger partial charge in [0.15, 0.2) is 0 Å². The first-order valence-corrected chi connectivity index (χ1v) is 19.0. The van der Waals surface area contributed by atoms with Gasteiger partial charge in [-0.15, -0.1) is 7.92 Å². The molecule has 0 bridgehead atoms. The van der Waals surface area contributed by atoms with Gasteiger partial charge in [-0.2, -0.15) is 0 Å². The first-order chi connectivity index (χ1) is 19.2. The molecule has 0 heterocycles. The topological polar surface area (TPSA) is 9.23 Å². The average Bonchev–Trinajstić information content (AvgIpc) is 2.88. The molecule has 0 amide bonds. The van der Waals surface area contributed by atoms with E-state index < -0.39 is 0 Å². The van der Waals surface area contributed by atoms with Gasteiger partial charge in [0.2, 0.25) is 0 Å². The second-order valence-electron chi connectivity index (χ2n) is 14.4. The Morgan fingerprint density at radius 2 is 1.44 bits per heavy atom. The fourth-order valence-electron chi connectivity index (χ4n) is 5.56. The van der Waals surface area contributed by atoms with Crippen molar-refractivity contribution >= 4 is 21.8 Å². The summed E-state index contributed by atoms with van der Waals surface area (Å²) in [6.45, 7) is 26.7. The fourth-order valence-corrected chi connectivity index (χ4v) is 8.44. The van der Waals surface area contributed by atoms with Crippen molar-refractivity contribution in [3.8, 4) is 5.75 Å². The molecule has 0 aliphatic heterocycles. The molecule has 2 unspecified atom stereocenters. The number of rotatable bonds is 12. The minimum Gasteiger partial charge on any atom is -0.488 e. The molecule has 0 N–H and O–H groups in total. The van der Waals surface area contributed by atoms with Gasteiger partial charge in [0, 0.05) is 16.3 Å². The predicted octanol–water partition coefficient (Wildman–Crippen LogP) is 11.2. The Hall–Kier alpha value is -1.68. The van der Waals surface area contributed by atoms with Gasteiger partial charge in [0.1, 0.15) is 12.4 Å². The molecular weight excluding hydrogens is 534 g/mol. The van der Waals surface area contributed by atoms with Gasteiger partial charge in [-0.3, -0.25) is 0 Å². The van der Waals surface area contributed by atoms with Crippen molar-refractivity contribution in [3.05, 3.63) is 94.0 Å². The van der Waals surface area contributed by atoms with E-state index in [1.54, 1.807) is 10.9 Å². The molecule has 1 nitrogen and oxygen atoms in total. The largest absolute Gasteiger partial charge is 0.488 e. The molecule has 3 rings (SSSR count). The monoisotopic (exact) mass is 590 g/mol. The van der Waals surface area contributed by atoms with E-state index in [4.69, 9.17) is 4.74 Å². The van der Waals surface area contributed by atoms with E-state index in [0.29, 0.717) is 15.2 Å². The van der Waals surface area contributed by atoms with E-state index in [-0.39, 0.29) is 23.9 Å². The minimum atomic E-state index is -0.0381. The molecular formula is C38H56OP2. The van der Waals surface area contributed by atoms with E-state index in [0.717, 1.165) is 5.75 Å². The van der Waals surface area contributed by atoms with Crippen molar-refractivity contribution in [1.29, 1.82) is 0 Å². The van der Waals surface area contributed by atoms with Crippen LogP contribution >= 0.6 is 16.5 Å². The molecule has 0 aromatic heterocycles. The lowest BCUT2D eigenvalue weighted by atomic mass is 9.76. The Morgan fingerprint density at radius 3 is 2.02 bits per heavy atom. The van der Waals surface area contributed by atoms with Gasteiger partial charge >= 0.3 is 0 Å². The zero-order valence-corrected chi connectivity index (χ0v) is 29.8. The van der Waals surface area contributed by atoms with E-state index in [1.807, 2.05) is 0 Å². The van der Waals surface area contributed by atoms with Crippen LogP contribution in [0, 0.1) is 6.92 Å². The van der Waals surface area contributed by atoms with Gasteiger partial charge in [-0.05, 0) is 71.2 Å². The highest BCUT2D eigenvalue weighted by molar-refractivity contribution is 7.55. The molecule has 3 aromatic rings. The number of unbranched alkanes of at least 4 members (excludes halogenated alkanes) is 2. The normalized spacial score (nSPS) is 14.1. The third-order valence-corrected chi connectivity index (χ3v) is 11.1. The zero-order valence-electron chi connectivity index (χ0n) is 27.9. The standard InChI is InChI=1S/C38H56OP2/c1-12-13-17-23-38(9,40-35-28(2)19-18-22-30(35)27-41(10)11)33-25-31(36(3,4)5)24-32(37(6,7)8)34(33)39-26-29-20-15-14-16-21-29/h14-16,18-22,24-25,40H,12-13,17,23,26-27H2,1-11H3. The second-order valence-corrected chi connectivity index (χ2v) is 18.8. The van der Waals surface area contributed by atoms with Crippen LogP contribution in [0.25, 0.3) is 0 Å². The van der Waals surface area contributed by atoms with E-state index in [2.05, 4.69) is 136 Å². The predicted molar refractivity (Wildman–Crippen MR) is 188 cm³/mol. The first kappa shape index (κ1) is 33.8. The van der Waals surface area contributed by atoms with Crippen molar-refractivity contribution in [2.75, 3.05) is 13.3 Å². The maximum atomic E-state index is 6.97. The van der Waals surface area contributed by atoms with Crippen LogP contribution in [-0.4, -0.2) is 13.3 Å². The van der Waals surface area contributed by atoms with Gasteiger partial charge in [0.25, 0.3) is 0 Å². The SMILES string of the molecule is CCCCCC(C)(Pc1c(C)cccc1CP(C)C)c1cc(C(C)(C)C)cc(C(C)(C)C)c1OCc1ccccc1. The van der Waals surface area contributed by atoms with Gasteiger partial charge in [0.05, 0.1) is 0 Å². The molecule has 0 saturated carbocycles. The maximum absolute atomic E-state index is 6.97. The highest BCUT2D eigenvalue weighted by Crippen LogP contribution is 2.53. The zero-order chi connectivity index (χ0) is 30.4.